The van der Waals surface area contributed by atoms with Crippen LogP contribution >= 0.6 is 0 Å². The molecule has 6 nitrogen and oxygen atoms in total. The Morgan fingerprint density at radius 2 is 1.88 bits per heavy atom. The number of carbonyl (C=O) groups excluding carboxylic acids is 2. The van der Waals surface area contributed by atoms with Crippen molar-refractivity contribution >= 4 is 11.9 Å². The molecular weight excluding hydrogens is 342 g/mol. The second-order valence-corrected chi connectivity index (χ2v) is 8.07. The molecule has 0 aromatic carbocycles. The van der Waals surface area contributed by atoms with Crippen LogP contribution in [-0.2, 0) is 4.79 Å². The number of nitrogens with zero attached hydrogens (tertiary/aromatic N) is 2. The Labute approximate surface area is 152 Å². The number of nitrogens with one attached hydrogen (secondary N) is 2. The lowest BCUT2D eigenvalue weighted by Gasteiger charge is -2.33. The minimum atomic E-state index is -3.01. The molecule has 1 aliphatic heterocycles. The van der Waals surface area contributed by atoms with Gasteiger partial charge in [-0.1, -0.05) is 0 Å². The zero-order valence-electron chi connectivity index (χ0n) is 14.9. The predicted octanol–water partition coefficient (Wildman–Crippen LogP) is 2.41. The molecule has 0 radical (unpaired) electrons. The molecule has 1 heterocycles. The van der Waals surface area contributed by atoms with Gasteiger partial charge in [-0.15, -0.1) is 0 Å². The summed E-state index contributed by atoms with van der Waals surface area (Å²) in [4.78, 5) is 26.3. The van der Waals surface area contributed by atoms with Gasteiger partial charge in [0.25, 0.3) is 5.92 Å². The molecule has 0 bridgehead atoms. The van der Waals surface area contributed by atoms with Gasteiger partial charge in [0, 0.05) is 25.9 Å². The minimum absolute atomic E-state index is 0.0142. The van der Waals surface area contributed by atoms with Crippen molar-refractivity contribution in [3.8, 4) is 6.07 Å². The van der Waals surface area contributed by atoms with E-state index < -0.39 is 30.3 Å². The van der Waals surface area contributed by atoms with Crippen molar-refractivity contribution in [2.45, 2.75) is 63.3 Å². The largest absolute Gasteiger partial charge is 0.341 e. The summed E-state index contributed by atoms with van der Waals surface area (Å²) in [6.45, 7) is 0.916. The van der Waals surface area contributed by atoms with Gasteiger partial charge in [0.05, 0.1) is 6.07 Å². The summed E-state index contributed by atoms with van der Waals surface area (Å²) in [6.07, 6.45) is 4.88. The number of likely N-dealkylation sites (tertiary alicyclic amines) is 1. The molecule has 3 amide bonds. The van der Waals surface area contributed by atoms with E-state index in [0.717, 1.165) is 25.7 Å². The lowest BCUT2D eigenvalue weighted by Crippen LogP contribution is -2.54. The molecule has 8 heteroatoms. The molecule has 1 spiro atoms. The summed E-state index contributed by atoms with van der Waals surface area (Å²) in [5.41, 5.74) is 0.400. The van der Waals surface area contributed by atoms with E-state index in [4.69, 9.17) is 5.26 Å². The first kappa shape index (κ1) is 18.9. The maximum Gasteiger partial charge on any atom is 0.318 e. The molecule has 1 atom stereocenters. The zero-order chi connectivity index (χ0) is 18.8. The van der Waals surface area contributed by atoms with E-state index >= 15 is 0 Å². The molecule has 26 heavy (non-hydrogen) atoms. The summed E-state index contributed by atoms with van der Waals surface area (Å²) in [5, 5.41) is 13.4. The Kier molecular flexibility index (Phi) is 5.35. The van der Waals surface area contributed by atoms with E-state index in [2.05, 4.69) is 10.6 Å². The number of carbonyl (C=O) groups is 2. The average molecular weight is 368 g/mol. The molecule has 0 aromatic heterocycles. The lowest BCUT2D eigenvalue weighted by atomic mass is 9.94. The van der Waals surface area contributed by atoms with Crippen LogP contribution in [0, 0.1) is 22.7 Å². The smallest absolute Gasteiger partial charge is 0.318 e. The van der Waals surface area contributed by atoms with Gasteiger partial charge in [-0.25, -0.2) is 13.6 Å². The first-order valence-corrected chi connectivity index (χ1v) is 9.40. The van der Waals surface area contributed by atoms with Crippen molar-refractivity contribution in [1.82, 2.24) is 15.5 Å². The standard InChI is InChI=1S/C18H26F2N4O2/c19-18(20,11-13-1-2-13)12-14(15(25)22-8-7-21)23-16(26)24-9-5-17(3-4-17)6-10-24/h13-14H,1-6,8-12H2,(H,22,25)(H,23,26). The van der Waals surface area contributed by atoms with Crippen LogP contribution in [0.15, 0.2) is 0 Å². The second kappa shape index (κ2) is 7.37. The van der Waals surface area contributed by atoms with Crippen LogP contribution in [0.5, 0.6) is 0 Å². The maximum atomic E-state index is 14.2. The fraction of sp³-hybridized carbons (Fsp3) is 0.833. The van der Waals surface area contributed by atoms with Crippen LogP contribution in [0.2, 0.25) is 0 Å². The number of urea groups is 1. The monoisotopic (exact) mass is 368 g/mol. The Morgan fingerprint density at radius 3 is 2.42 bits per heavy atom. The summed E-state index contributed by atoms with van der Waals surface area (Å²) < 4.78 is 28.5. The van der Waals surface area contributed by atoms with Crippen molar-refractivity contribution < 1.29 is 18.4 Å². The predicted molar refractivity (Wildman–Crippen MR) is 90.3 cm³/mol. The van der Waals surface area contributed by atoms with E-state index in [1.54, 1.807) is 11.0 Å². The third-order valence-electron chi connectivity index (χ3n) is 5.81. The number of amides is 3. The highest BCUT2D eigenvalue weighted by atomic mass is 19.3. The molecule has 1 saturated heterocycles. The van der Waals surface area contributed by atoms with E-state index in [9.17, 15) is 18.4 Å². The van der Waals surface area contributed by atoms with E-state index in [1.807, 2.05) is 0 Å². The molecule has 3 rings (SSSR count). The molecule has 144 valence electrons. The number of nitriles is 1. The van der Waals surface area contributed by atoms with Crippen LogP contribution in [0.4, 0.5) is 13.6 Å². The molecule has 2 N–H and O–H groups in total. The van der Waals surface area contributed by atoms with Gasteiger partial charge in [-0.2, -0.15) is 5.26 Å². The fourth-order valence-corrected chi connectivity index (χ4v) is 3.69. The van der Waals surface area contributed by atoms with Crippen molar-refractivity contribution in [3.63, 3.8) is 0 Å². The summed E-state index contributed by atoms with van der Waals surface area (Å²) >= 11 is 0. The van der Waals surface area contributed by atoms with E-state index in [-0.39, 0.29) is 18.9 Å². The minimum Gasteiger partial charge on any atom is -0.341 e. The summed E-state index contributed by atoms with van der Waals surface area (Å²) in [5.74, 6) is -3.73. The molecule has 3 fully saturated rings. The number of halogens is 2. The average Bonchev–Trinajstić information content (AvgIpc) is 3.51. The molecule has 3 aliphatic rings. The molecule has 0 aromatic rings. The number of rotatable bonds is 7. The van der Waals surface area contributed by atoms with Crippen LogP contribution in [0.25, 0.3) is 0 Å². The topological polar surface area (TPSA) is 85.2 Å². The van der Waals surface area contributed by atoms with Crippen molar-refractivity contribution in [1.29, 1.82) is 5.26 Å². The number of piperidine rings is 1. The fourth-order valence-electron chi connectivity index (χ4n) is 3.69. The van der Waals surface area contributed by atoms with Crippen molar-refractivity contribution in [2.75, 3.05) is 19.6 Å². The molecule has 2 aliphatic carbocycles. The van der Waals surface area contributed by atoms with Crippen LogP contribution in [0.1, 0.15) is 51.4 Å². The first-order valence-electron chi connectivity index (χ1n) is 9.40. The van der Waals surface area contributed by atoms with Gasteiger partial charge in [0.1, 0.15) is 12.6 Å². The van der Waals surface area contributed by atoms with Crippen LogP contribution in [0.3, 0.4) is 0 Å². The Balaban J connectivity index is 1.57. The lowest BCUT2D eigenvalue weighted by molar-refractivity contribution is -0.125. The summed E-state index contributed by atoms with van der Waals surface area (Å²) in [7, 11) is 0. The van der Waals surface area contributed by atoms with Gasteiger partial charge < -0.3 is 15.5 Å². The summed E-state index contributed by atoms with van der Waals surface area (Å²) in [6, 6.07) is -0.0558. The van der Waals surface area contributed by atoms with Crippen LogP contribution < -0.4 is 10.6 Å². The molecule has 2 saturated carbocycles. The van der Waals surface area contributed by atoms with E-state index in [1.165, 1.54) is 12.8 Å². The highest BCUT2D eigenvalue weighted by Gasteiger charge is 2.46. The van der Waals surface area contributed by atoms with Crippen molar-refractivity contribution in [3.05, 3.63) is 0 Å². The SMILES string of the molecule is N#CCNC(=O)C(CC(F)(F)CC1CC1)NC(=O)N1CCC2(CC1)CC2. The van der Waals surface area contributed by atoms with E-state index in [0.29, 0.717) is 18.5 Å². The third-order valence-corrected chi connectivity index (χ3v) is 5.81. The van der Waals surface area contributed by atoms with Crippen molar-refractivity contribution in [2.24, 2.45) is 11.3 Å². The van der Waals surface area contributed by atoms with Crippen LogP contribution in [-0.4, -0.2) is 48.4 Å². The quantitative estimate of drug-likeness (QED) is 0.677. The maximum absolute atomic E-state index is 14.2. The number of alkyl halides is 2. The van der Waals surface area contributed by atoms with Gasteiger partial charge in [-0.3, -0.25) is 4.79 Å². The molecular formula is C18H26F2N4O2. The normalized spacial score (nSPS) is 22.4. The highest BCUT2D eigenvalue weighted by molar-refractivity contribution is 5.87. The molecule has 1 unspecified atom stereocenters. The van der Waals surface area contributed by atoms with Gasteiger partial charge in [0.15, 0.2) is 0 Å². The van der Waals surface area contributed by atoms with Gasteiger partial charge in [0.2, 0.25) is 5.91 Å². The second-order valence-electron chi connectivity index (χ2n) is 8.07. The van der Waals surface area contributed by atoms with Gasteiger partial charge >= 0.3 is 6.03 Å². The Hall–Kier alpha value is -1.91. The zero-order valence-corrected chi connectivity index (χ0v) is 14.9. The number of hydrogen-bond acceptors (Lipinski definition) is 3. The Bertz CT molecular complexity index is 586. The highest BCUT2D eigenvalue weighted by Crippen LogP contribution is 2.53. The van der Waals surface area contributed by atoms with Gasteiger partial charge in [-0.05, 0) is 49.9 Å². The Morgan fingerprint density at radius 1 is 1.23 bits per heavy atom. The first-order chi connectivity index (χ1) is 12.3. The number of hydrogen-bond donors (Lipinski definition) is 2. The third kappa shape index (κ3) is 5.05.